The first kappa shape index (κ1) is 19.5. The molecule has 0 bridgehead atoms. The van der Waals surface area contributed by atoms with Crippen LogP contribution in [0.3, 0.4) is 0 Å². The van der Waals surface area contributed by atoms with Crippen molar-refractivity contribution >= 4 is 5.91 Å². The average molecular weight is 366 g/mol. The Kier molecular flexibility index (Phi) is 5.88. The molecule has 0 spiro atoms. The second-order valence-corrected chi connectivity index (χ2v) is 8.47. The van der Waals surface area contributed by atoms with Crippen molar-refractivity contribution in [2.24, 2.45) is 0 Å². The van der Waals surface area contributed by atoms with Crippen LogP contribution in [0.5, 0.6) is 5.75 Å². The van der Waals surface area contributed by atoms with Crippen LogP contribution in [0.15, 0.2) is 48.5 Å². The minimum atomic E-state index is 0.161. The molecule has 2 aromatic rings. The molecule has 27 heavy (non-hydrogen) atoms. The van der Waals surface area contributed by atoms with E-state index in [0.717, 1.165) is 31.6 Å². The monoisotopic (exact) mass is 365 g/mol. The minimum Gasteiger partial charge on any atom is -0.497 e. The molecule has 0 saturated carbocycles. The number of amides is 1. The van der Waals surface area contributed by atoms with E-state index in [4.69, 9.17) is 4.74 Å². The number of hydrogen-bond donors (Lipinski definition) is 0. The molecule has 3 nitrogen and oxygen atoms in total. The van der Waals surface area contributed by atoms with E-state index in [2.05, 4.69) is 62.1 Å². The number of likely N-dealkylation sites (tertiary alicyclic amines) is 1. The Labute approximate surface area is 163 Å². The molecule has 1 saturated heterocycles. The number of ether oxygens (including phenoxy) is 1. The van der Waals surface area contributed by atoms with Crippen molar-refractivity contribution in [3.63, 3.8) is 0 Å². The van der Waals surface area contributed by atoms with Crippen molar-refractivity contribution in [2.45, 2.75) is 57.9 Å². The molecule has 0 aliphatic carbocycles. The van der Waals surface area contributed by atoms with Gasteiger partial charge in [-0.3, -0.25) is 4.79 Å². The molecule has 0 radical (unpaired) electrons. The van der Waals surface area contributed by atoms with Crippen LogP contribution < -0.4 is 4.74 Å². The van der Waals surface area contributed by atoms with E-state index >= 15 is 0 Å². The zero-order valence-corrected chi connectivity index (χ0v) is 17.0. The van der Waals surface area contributed by atoms with Crippen LogP contribution in [0.25, 0.3) is 0 Å². The molecular weight excluding hydrogens is 334 g/mol. The largest absolute Gasteiger partial charge is 0.497 e. The zero-order chi connectivity index (χ0) is 19.4. The zero-order valence-electron chi connectivity index (χ0n) is 17.0. The lowest BCUT2D eigenvalue weighted by Gasteiger charge is -2.25. The third-order valence-corrected chi connectivity index (χ3v) is 5.50. The highest BCUT2D eigenvalue weighted by molar-refractivity contribution is 5.77. The van der Waals surface area contributed by atoms with Crippen molar-refractivity contribution in [3.8, 4) is 5.75 Å². The Morgan fingerprint density at radius 3 is 2.56 bits per heavy atom. The first-order valence-corrected chi connectivity index (χ1v) is 9.91. The van der Waals surface area contributed by atoms with E-state index in [1.54, 1.807) is 7.11 Å². The van der Waals surface area contributed by atoms with Crippen LogP contribution in [0.1, 0.15) is 62.8 Å². The SMILES string of the molecule is COc1cccc(C2CCCN2C(=O)CCc2ccc(C(C)(C)C)cc2)c1. The second-order valence-electron chi connectivity index (χ2n) is 8.47. The molecule has 1 atom stereocenters. The lowest BCUT2D eigenvalue weighted by Crippen LogP contribution is -2.30. The predicted octanol–water partition coefficient (Wildman–Crippen LogP) is 5.29. The summed E-state index contributed by atoms with van der Waals surface area (Å²) >= 11 is 0. The summed E-state index contributed by atoms with van der Waals surface area (Å²) in [5.41, 5.74) is 3.90. The highest BCUT2D eigenvalue weighted by Crippen LogP contribution is 2.34. The third kappa shape index (κ3) is 4.71. The van der Waals surface area contributed by atoms with Gasteiger partial charge in [-0.15, -0.1) is 0 Å². The van der Waals surface area contributed by atoms with Crippen LogP contribution in [0.4, 0.5) is 0 Å². The standard InChI is InChI=1S/C24H31NO2/c1-24(2,3)20-13-10-18(11-14-20)12-15-23(26)25-16-6-9-22(25)19-7-5-8-21(17-19)27-4/h5,7-8,10-11,13-14,17,22H,6,9,12,15-16H2,1-4H3. The Morgan fingerprint density at radius 1 is 1.15 bits per heavy atom. The summed E-state index contributed by atoms with van der Waals surface area (Å²) in [6.45, 7) is 7.51. The second kappa shape index (κ2) is 8.16. The minimum absolute atomic E-state index is 0.161. The van der Waals surface area contributed by atoms with Crippen LogP contribution in [0, 0.1) is 0 Å². The molecule has 1 amide bonds. The summed E-state index contributed by atoms with van der Waals surface area (Å²) in [5.74, 6) is 1.10. The fourth-order valence-corrected chi connectivity index (χ4v) is 3.83. The molecule has 2 aromatic carbocycles. The van der Waals surface area contributed by atoms with Gasteiger partial charge in [-0.1, -0.05) is 57.2 Å². The summed E-state index contributed by atoms with van der Waals surface area (Å²) in [5, 5.41) is 0. The van der Waals surface area contributed by atoms with Crippen LogP contribution in [-0.4, -0.2) is 24.5 Å². The lowest BCUT2D eigenvalue weighted by molar-refractivity contribution is -0.132. The van der Waals surface area contributed by atoms with E-state index < -0.39 is 0 Å². The fourth-order valence-electron chi connectivity index (χ4n) is 3.83. The van der Waals surface area contributed by atoms with Gasteiger partial charge in [-0.05, 0) is 53.5 Å². The van der Waals surface area contributed by atoms with E-state index in [9.17, 15) is 4.79 Å². The number of methoxy groups -OCH3 is 1. The van der Waals surface area contributed by atoms with Gasteiger partial charge in [0.1, 0.15) is 5.75 Å². The molecular formula is C24H31NO2. The van der Waals surface area contributed by atoms with Gasteiger partial charge in [-0.2, -0.15) is 0 Å². The quantitative estimate of drug-likeness (QED) is 0.720. The van der Waals surface area contributed by atoms with Gasteiger partial charge in [0.05, 0.1) is 13.2 Å². The van der Waals surface area contributed by atoms with Crippen molar-refractivity contribution in [2.75, 3.05) is 13.7 Å². The molecule has 3 rings (SSSR count). The highest BCUT2D eigenvalue weighted by atomic mass is 16.5. The predicted molar refractivity (Wildman–Crippen MR) is 110 cm³/mol. The van der Waals surface area contributed by atoms with Gasteiger partial charge in [-0.25, -0.2) is 0 Å². The summed E-state index contributed by atoms with van der Waals surface area (Å²) in [4.78, 5) is 14.9. The molecule has 0 aromatic heterocycles. The molecule has 1 fully saturated rings. The normalized spacial score (nSPS) is 17.2. The Morgan fingerprint density at radius 2 is 1.89 bits per heavy atom. The lowest BCUT2D eigenvalue weighted by atomic mass is 9.86. The first-order chi connectivity index (χ1) is 12.9. The van der Waals surface area contributed by atoms with Gasteiger partial charge in [0.25, 0.3) is 0 Å². The van der Waals surface area contributed by atoms with E-state index in [1.165, 1.54) is 16.7 Å². The average Bonchev–Trinajstić information content (AvgIpc) is 3.16. The van der Waals surface area contributed by atoms with Crippen molar-refractivity contribution < 1.29 is 9.53 Å². The number of hydrogen-bond acceptors (Lipinski definition) is 2. The summed E-state index contributed by atoms with van der Waals surface area (Å²) < 4.78 is 5.35. The van der Waals surface area contributed by atoms with Crippen molar-refractivity contribution in [1.29, 1.82) is 0 Å². The first-order valence-electron chi connectivity index (χ1n) is 9.91. The number of benzene rings is 2. The number of aryl methyl sites for hydroxylation is 1. The Balaban J connectivity index is 1.63. The molecule has 0 N–H and O–H groups in total. The highest BCUT2D eigenvalue weighted by Gasteiger charge is 2.29. The maximum atomic E-state index is 12.9. The van der Waals surface area contributed by atoms with Gasteiger partial charge in [0.15, 0.2) is 0 Å². The van der Waals surface area contributed by atoms with Crippen LogP contribution >= 0.6 is 0 Å². The topological polar surface area (TPSA) is 29.5 Å². The van der Waals surface area contributed by atoms with Gasteiger partial charge >= 0.3 is 0 Å². The molecule has 144 valence electrons. The van der Waals surface area contributed by atoms with Gasteiger partial charge < -0.3 is 9.64 Å². The number of carbonyl (C=O) groups is 1. The fraction of sp³-hybridized carbons (Fsp3) is 0.458. The smallest absolute Gasteiger partial charge is 0.223 e. The van der Waals surface area contributed by atoms with E-state index in [1.807, 2.05) is 12.1 Å². The van der Waals surface area contributed by atoms with Crippen molar-refractivity contribution in [1.82, 2.24) is 4.90 Å². The van der Waals surface area contributed by atoms with Gasteiger partial charge in [0.2, 0.25) is 5.91 Å². The molecule has 1 aliphatic heterocycles. The summed E-state index contributed by atoms with van der Waals surface area (Å²) in [6.07, 6.45) is 3.45. The maximum Gasteiger partial charge on any atom is 0.223 e. The molecule has 1 heterocycles. The van der Waals surface area contributed by atoms with Crippen molar-refractivity contribution in [3.05, 3.63) is 65.2 Å². The summed E-state index contributed by atoms with van der Waals surface area (Å²) in [6, 6.07) is 17.0. The Bertz CT molecular complexity index is 774. The number of rotatable bonds is 5. The maximum absolute atomic E-state index is 12.9. The molecule has 1 aliphatic rings. The molecule has 3 heteroatoms. The Hall–Kier alpha value is -2.29. The third-order valence-electron chi connectivity index (χ3n) is 5.50. The van der Waals surface area contributed by atoms with Gasteiger partial charge in [0, 0.05) is 13.0 Å². The van der Waals surface area contributed by atoms with Crippen LogP contribution in [0.2, 0.25) is 0 Å². The number of carbonyl (C=O) groups excluding carboxylic acids is 1. The van der Waals surface area contributed by atoms with E-state index in [-0.39, 0.29) is 17.4 Å². The van der Waals surface area contributed by atoms with Crippen LogP contribution in [-0.2, 0) is 16.6 Å². The summed E-state index contributed by atoms with van der Waals surface area (Å²) in [7, 11) is 1.68. The number of nitrogens with zero attached hydrogens (tertiary/aromatic N) is 1. The molecule has 1 unspecified atom stereocenters. The van der Waals surface area contributed by atoms with E-state index in [0.29, 0.717) is 6.42 Å².